The Hall–Kier alpha value is -1.21. The van der Waals surface area contributed by atoms with Crippen molar-refractivity contribution in [3.63, 3.8) is 0 Å². The first-order chi connectivity index (χ1) is 10.1. The molecule has 0 bridgehead atoms. The van der Waals surface area contributed by atoms with E-state index >= 15 is 0 Å². The van der Waals surface area contributed by atoms with Gasteiger partial charge in [0.2, 0.25) is 0 Å². The third-order valence-electron chi connectivity index (χ3n) is 4.80. The number of hydrogen-bond donors (Lipinski definition) is 0. The molecule has 2 rings (SSSR count). The summed E-state index contributed by atoms with van der Waals surface area (Å²) >= 11 is 0. The summed E-state index contributed by atoms with van der Waals surface area (Å²) in [4.78, 5) is 16.2. The Morgan fingerprint density at radius 1 is 1.41 bits per heavy atom. The van der Waals surface area contributed by atoms with Crippen LogP contribution in [0.25, 0.3) is 0 Å². The zero-order valence-corrected chi connectivity index (χ0v) is 15.5. The molecule has 1 aliphatic rings. The standard InChI is InChI=1S/C15H27N3O3Si/c1-15(2,3)22(5,6)21-10-12-16-13-8-7-11(14(19)20-4)9-18(13)17-12/h11H,7-10H2,1-6H3. The van der Waals surface area contributed by atoms with Crippen molar-refractivity contribution in [1.82, 2.24) is 14.8 Å². The third-order valence-corrected chi connectivity index (χ3v) is 9.28. The number of rotatable bonds is 4. The molecule has 0 saturated carbocycles. The van der Waals surface area contributed by atoms with Gasteiger partial charge < -0.3 is 9.16 Å². The number of carbonyl (C=O) groups excluding carboxylic acids is 1. The Bertz CT molecular complexity index is 549. The summed E-state index contributed by atoms with van der Waals surface area (Å²) in [7, 11) is -0.373. The summed E-state index contributed by atoms with van der Waals surface area (Å²) in [6.07, 6.45) is 1.53. The Labute approximate surface area is 133 Å². The molecule has 0 aliphatic carbocycles. The van der Waals surface area contributed by atoms with E-state index in [0.717, 1.165) is 18.7 Å². The summed E-state index contributed by atoms with van der Waals surface area (Å²) in [6.45, 7) is 12.1. The molecule has 7 heteroatoms. The lowest BCUT2D eigenvalue weighted by Gasteiger charge is -2.35. The Morgan fingerprint density at radius 3 is 2.68 bits per heavy atom. The molecule has 124 valence electrons. The van der Waals surface area contributed by atoms with Crippen LogP contribution in [0.15, 0.2) is 0 Å². The fourth-order valence-corrected chi connectivity index (χ4v) is 3.17. The van der Waals surface area contributed by atoms with Gasteiger partial charge in [0, 0.05) is 6.42 Å². The van der Waals surface area contributed by atoms with E-state index in [1.807, 2.05) is 4.68 Å². The number of esters is 1. The molecule has 0 N–H and O–H groups in total. The van der Waals surface area contributed by atoms with Gasteiger partial charge in [-0.2, -0.15) is 5.10 Å². The zero-order valence-electron chi connectivity index (χ0n) is 14.5. The lowest BCUT2D eigenvalue weighted by molar-refractivity contribution is -0.146. The first-order valence-electron chi connectivity index (χ1n) is 7.78. The molecule has 1 aromatic heterocycles. The maximum atomic E-state index is 11.6. The average molecular weight is 325 g/mol. The minimum absolute atomic E-state index is 0.117. The van der Waals surface area contributed by atoms with E-state index in [9.17, 15) is 4.79 Å². The molecule has 1 aliphatic heterocycles. The van der Waals surface area contributed by atoms with Gasteiger partial charge in [-0.1, -0.05) is 20.8 Å². The molecular weight excluding hydrogens is 298 g/mol. The molecule has 6 nitrogen and oxygen atoms in total. The van der Waals surface area contributed by atoms with E-state index in [-0.39, 0.29) is 16.9 Å². The van der Waals surface area contributed by atoms with E-state index in [4.69, 9.17) is 9.16 Å². The van der Waals surface area contributed by atoms with Crippen LogP contribution in [0, 0.1) is 5.92 Å². The molecule has 0 radical (unpaired) electrons. The summed E-state index contributed by atoms with van der Waals surface area (Å²) in [6, 6.07) is 0. The van der Waals surface area contributed by atoms with Crippen molar-refractivity contribution in [3.05, 3.63) is 11.6 Å². The topological polar surface area (TPSA) is 66.2 Å². The van der Waals surface area contributed by atoms with Crippen LogP contribution in [0.3, 0.4) is 0 Å². The quantitative estimate of drug-likeness (QED) is 0.628. The van der Waals surface area contributed by atoms with Crippen LogP contribution in [0.5, 0.6) is 0 Å². The number of methoxy groups -OCH3 is 1. The van der Waals surface area contributed by atoms with E-state index in [2.05, 4.69) is 43.9 Å². The third kappa shape index (κ3) is 3.57. The van der Waals surface area contributed by atoms with E-state index < -0.39 is 8.32 Å². The normalized spacial score (nSPS) is 18.9. The highest BCUT2D eigenvalue weighted by Gasteiger charge is 2.37. The summed E-state index contributed by atoms with van der Waals surface area (Å²) in [5, 5.41) is 4.67. The van der Waals surface area contributed by atoms with Crippen molar-refractivity contribution in [2.75, 3.05) is 7.11 Å². The monoisotopic (exact) mass is 325 g/mol. The number of ether oxygens (including phenoxy) is 1. The summed E-state index contributed by atoms with van der Waals surface area (Å²) < 4.78 is 12.8. The number of hydrogen-bond acceptors (Lipinski definition) is 5. The average Bonchev–Trinajstić information content (AvgIpc) is 2.85. The van der Waals surface area contributed by atoms with Gasteiger partial charge in [0.1, 0.15) is 5.82 Å². The highest BCUT2D eigenvalue weighted by atomic mass is 28.4. The maximum Gasteiger partial charge on any atom is 0.310 e. The summed E-state index contributed by atoms with van der Waals surface area (Å²) in [5.41, 5.74) is 0. The number of carbonyl (C=O) groups is 1. The molecule has 1 aromatic rings. The molecule has 0 aromatic carbocycles. The molecule has 1 atom stereocenters. The molecule has 0 amide bonds. The van der Waals surface area contributed by atoms with Crippen LogP contribution in [-0.2, 0) is 33.5 Å². The van der Waals surface area contributed by atoms with Gasteiger partial charge in [0.05, 0.1) is 26.2 Å². The number of aromatic nitrogens is 3. The van der Waals surface area contributed by atoms with E-state index in [1.54, 1.807) is 0 Å². The van der Waals surface area contributed by atoms with Crippen LogP contribution < -0.4 is 0 Å². The van der Waals surface area contributed by atoms with Crippen molar-refractivity contribution in [2.45, 2.75) is 64.9 Å². The van der Waals surface area contributed by atoms with Gasteiger partial charge in [-0.15, -0.1) is 0 Å². The second kappa shape index (κ2) is 6.12. The molecule has 22 heavy (non-hydrogen) atoms. The van der Waals surface area contributed by atoms with Crippen molar-refractivity contribution >= 4 is 14.3 Å². The molecule has 0 fully saturated rings. The largest absolute Gasteiger partial charge is 0.469 e. The molecular formula is C15H27N3O3Si. The van der Waals surface area contributed by atoms with Gasteiger partial charge in [-0.3, -0.25) is 4.79 Å². The smallest absolute Gasteiger partial charge is 0.310 e. The van der Waals surface area contributed by atoms with Crippen LogP contribution >= 0.6 is 0 Å². The highest BCUT2D eigenvalue weighted by Crippen LogP contribution is 2.36. The lowest BCUT2D eigenvalue weighted by atomic mass is 10.0. The van der Waals surface area contributed by atoms with Crippen molar-refractivity contribution in [3.8, 4) is 0 Å². The molecule has 2 heterocycles. The predicted octanol–water partition coefficient (Wildman–Crippen LogP) is 2.54. The van der Waals surface area contributed by atoms with Gasteiger partial charge >= 0.3 is 5.97 Å². The first-order valence-corrected chi connectivity index (χ1v) is 10.7. The second-order valence-electron chi connectivity index (χ2n) is 7.43. The van der Waals surface area contributed by atoms with E-state index in [1.165, 1.54) is 7.11 Å². The second-order valence-corrected chi connectivity index (χ2v) is 12.2. The number of fused-ring (bicyclic) bond motifs is 1. The van der Waals surface area contributed by atoms with Gasteiger partial charge in [0.25, 0.3) is 0 Å². The van der Waals surface area contributed by atoms with Gasteiger partial charge in [-0.25, -0.2) is 9.67 Å². The minimum Gasteiger partial charge on any atom is -0.469 e. The van der Waals surface area contributed by atoms with Gasteiger partial charge in [-0.05, 0) is 24.6 Å². The van der Waals surface area contributed by atoms with Crippen LogP contribution in [0.1, 0.15) is 38.8 Å². The van der Waals surface area contributed by atoms with Crippen molar-refractivity contribution in [1.29, 1.82) is 0 Å². The lowest BCUT2D eigenvalue weighted by Crippen LogP contribution is -2.40. The Balaban J connectivity index is 2.02. The van der Waals surface area contributed by atoms with Crippen LogP contribution in [0.4, 0.5) is 0 Å². The Kier molecular flexibility index (Phi) is 4.77. The SMILES string of the molecule is COC(=O)C1CCc2nc(CO[Si](C)(C)C(C)(C)C)nn2C1. The maximum absolute atomic E-state index is 11.6. The van der Waals surface area contributed by atoms with Crippen LogP contribution in [0.2, 0.25) is 18.1 Å². The first kappa shape index (κ1) is 17.1. The molecule has 0 saturated heterocycles. The number of aryl methyl sites for hydroxylation is 1. The predicted molar refractivity (Wildman–Crippen MR) is 85.8 cm³/mol. The fourth-order valence-electron chi connectivity index (χ4n) is 2.24. The minimum atomic E-state index is -1.80. The van der Waals surface area contributed by atoms with Crippen molar-refractivity contribution < 1.29 is 14.0 Å². The fraction of sp³-hybridized carbons (Fsp3) is 0.800. The molecule has 1 unspecified atom stereocenters. The Morgan fingerprint density at radius 2 is 2.09 bits per heavy atom. The summed E-state index contributed by atoms with van der Waals surface area (Å²) in [5.74, 6) is 1.37. The van der Waals surface area contributed by atoms with Crippen LogP contribution in [-0.4, -0.2) is 36.2 Å². The number of nitrogens with zero attached hydrogens (tertiary/aromatic N) is 3. The van der Waals surface area contributed by atoms with Crippen molar-refractivity contribution in [2.24, 2.45) is 5.92 Å². The molecule has 0 spiro atoms. The highest BCUT2D eigenvalue weighted by molar-refractivity contribution is 6.74. The zero-order chi connectivity index (χ0) is 16.5. The van der Waals surface area contributed by atoms with E-state index in [0.29, 0.717) is 19.0 Å². The van der Waals surface area contributed by atoms with Gasteiger partial charge in [0.15, 0.2) is 14.1 Å².